The molecule has 25 heavy (non-hydrogen) atoms. The van der Waals surface area contributed by atoms with Crippen molar-refractivity contribution >= 4 is 11.9 Å². The van der Waals surface area contributed by atoms with Crippen LogP contribution >= 0.6 is 0 Å². The fourth-order valence-electron chi connectivity index (χ4n) is 3.81. The van der Waals surface area contributed by atoms with Crippen LogP contribution in [0.2, 0.25) is 0 Å². The number of aliphatic carboxylic acids is 1. The first-order valence-electron chi connectivity index (χ1n) is 8.66. The molecule has 1 amide bonds. The van der Waals surface area contributed by atoms with Crippen LogP contribution in [-0.2, 0) is 14.3 Å². The van der Waals surface area contributed by atoms with Gasteiger partial charge in [0.2, 0.25) is 5.91 Å². The van der Waals surface area contributed by atoms with Crippen LogP contribution in [0.4, 0.5) is 0 Å². The van der Waals surface area contributed by atoms with Crippen molar-refractivity contribution in [3.63, 3.8) is 0 Å². The average Bonchev–Trinajstić information content (AvgIpc) is 3.08. The van der Waals surface area contributed by atoms with Crippen LogP contribution in [0.25, 0.3) is 0 Å². The predicted octanol–water partition coefficient (Wildman–Crippen LogP) is 0.819. The maximum absolute atomic E-state index is 13.1. The maximum atomic E-state index is 13.1. The summed E-state index contributed by atoms with van der Waals surface area (Å²) in [4.78, 5) is 32.7. The van der Waals surface area contributed by atoms with Gasteiger partial charge in [0.15, 0.2) is 0 Å². The number of amides is 1. The van der Waals surface area contributed by atoms with E-state index in [9.17, 15) is 14.7 Å². The summed E-state index contributed by atoms with van der Waals surface area (Å²) in [6.07, 6.45) is 3.33. The van der Waals surface area contributed by atoms with Crippen molar-refractivity contribution in [2.75, 3.05) is 39.4 Å². The Labute approximate surface area is 147 Å². The van der Waals surface area contributed by atoms with Gasteiger partial charge in [-0.1, -0.05) is 0 Å². The van der Waals surface area contributed by atoms with Crippen molar-refractivity contribution in [3.05, 3.63) is 30.1 Å². The average molecular weight is 347 g/mol. The lowest BCUT2D eigenvalue weighted by molar-refractivity contribution is -0.145. The minimum absolute atomic E-state index is 0.0165. The minimum atomic E-state index is -0.860. The minimum Gasteiger partial charge on any atom is -0.481 e. The molecule has 3 rings (SSSR count). The largest absolute Gasteiger partial charge is 0.481 e. The fraction of sp³-hybridized carbons (Fsp3) is 0.611. The quantitative estimate of drug-likeness (QED) is 0.868. The number of carboxylic acid groups (broad SMARTS) is 1. The van der Waals surface area contributed by atoms with Crippen LogP contribution < -0.4 is 0 Å². The summed E-state index contributed by atoms with van der Waals surface area (Å²) in [5.74, 6) is -1.67. The van der Waals surface area contributed by atoms with Gasteiger partial charge in [0.1, 0.15) is 0 Å². The van der Waals surface area contributed by atoms with Gasteiger partial charge in [0.25, 0.3) is 0 Å². The first-order valence-corrected chi connectivity index (χ1v) is 8.66. The van der Waals surface area contributed by atoms with E-state index >= 15 is 0 Å². The molecule has 2 saturated heterocycles. The normalized spacial score (nSPS) is 25.1. The highest BCUT2D eigenvalue weighted by atomic mass is 16.5. The van der Waals surface area contributed by atoms with E-state index in [2.05, 4.69) is 9.88 Å². The first-order chi connectivity index (χ1) is 11.9. The molecule has 2 fully saturated rings. The van der Waals surface area contributed by atoms with Crippen molar-refractivity contribution in [2.45, 2.75) is 25.3 Å². The molecule has 2 aliphatic rings. The van der Waals surface area contributed by atoms with Gasteiger partial charge in [-0.05, 0) is 31.5 Å². The Morgan fingerprint density at radius 3 is 2.44 bits per heavy atom. The second-order valence-corrected chi connectivity index (χ2v) is 7.20. The molecule has 2 atom stereocenters. The maximum Gasteiger partial charge on any atom is 0.308 e. The van der Waals surface area contributed by atoms with E-state index in [-0.39, 0.29) is 18.4 Å². The Kier molecular flexibility index (Phi) is 5.06. The second-order valence-electron chi connectivity index (χ2n) is 7.20. The summed E-state index contributed by atoms with van der Waals surface area (Å²) in [5.41, 5.74) is 0.252. The van der Waals surface area contributed by atoms with Crippen LogP contribution in [0, 0.1) is 5.92 Å². The van der Waals surface area contributed by atoms with Gasteiger partial charge in [0.05, 0.1) is 24.7 Å². The molecule has 0 spiro atoms. The highest BCUT2D eigenvalue weighted by Crippen LogP contribution is 2.34. The third-order valence-corrected chi connectivity index (χ3v) is 5.38. The van der Waals surface area contributed by atoms with Crippen LogP contribution in [0.15, 0.2) is 24.5 Å². The van der Waals surface area contributed by atoms with Crippen molar-refractivity contribution in [1.29, 1.82) is 0 Å². The van der Waals surface area contributed by atoms with E-state index in [1.165, 1.54) is 0 Å². The number of rotatable bonds is 4. The van der Waals surface area contributed by atoms with Gasteiger partial charge in [-0.25, -0.2) is 0 Å². The molecule has 0 unspecified atom stereocenters. The van der Waals surface area contributed by atoms with E-state index in [0.717, 1.165) is 5.56 Å². The molecule has 0 radical (unpaired) electrons. The molecule has 0 aliphatic carbocycles. The van der Waals surface area contributed by atoms with Gasteiger partial charge in [-0.2, -0.15) is 0 Å². The predicted molar refractivity (Wildman–Crippen MR) is 91.2 cm³/mol. The van der Waals surface area contributed by atoms with E-state index < -0.39 is 17.4 Å². The molecule has 7 nitrogen and oxygen atoms in total. The monoisotopic (exact) mass is 347 g/mol. The summed E-state index contributed by atoms with van der Waals surface area (Å²) >= 11 is 0. The number of likely N-dealkylation sites (tertiary alicyclic amines) is 1. The van der Waals surface area contributed by atoms with Crippen LogP contribution in [0.5, 0.6) is 0 Å². The van der Waals surface area contributed by atoms with E-state index in [1.807, 2.05) is 26.0 Å². The molecule has 0 aromatic carbocycles. The number of carbonyl (C=O) groups excluding carboxylic acids is 1. The number of ether oxygens (including phenoxy) is 1. The Balaban J connectivity index is 1.78. The summed E-state index contributed by atoms with van der Waals surface area (Å²) in [5, 5.41) is 9.62. The number of carbonyl (C=O) groups is 2. The molecule has 2 aliphatic heterocycles. The Morgan fingerprint density at radius 2 is 1.84 bits per heavy atom. The number of carboxylic acids is 1. The summed E-state index contributed by atoms with van der Waals surface area (Å²) in [6.45, 7) is 7.16. The molecule has 1 N–H and O–H groups in total. The number of morpholine rings is 1. The standard InChI is InChI=1S/C18H25N3O4/c1-18(2,21-7-9-25-10-8-21)17(24)20-11-14(15(12-20)16(22)23)13-3-5-19-6-4-13/h3-6,14-15H,7-12H2,1-2H3,(H,22,23)/t14-,15+/m1/s1. The molecule has 136 valence electrons. The Morgan fingerprint density at radius 1 is 1.20 bits per heavy atom. The van der Waals surface area contributed by atoms with Gasteiger partial charge >= 0.3 is 5.97 Å². The third-order valence-electron chi connectivity index (χ3n) is 5.38. The Bertz CT molecular complexity index is 628. The Hall–Kier alpha value is -1.99. The van der Waals surface area contributed by atoms with E-state index in [1.54, 1.807) is 17.3 Å². The molecule has 3 heterocycles. The smallest absolute Gasteiger partial charge is 0.308 e. The van der Waals surface area contributed by atoms with Crippen LogP contribution in [-0.4, -0.2) is 76.7 Å². The number of pyridine rings is 1. The molecule has 0 bridgehead atoms. The zero-order chi connectivity index (χ0) is 18.0. The summed E-state index contributed by atoms with van der Waals surface area (Å²) < 4.78 is 5.37. The molecule has 1 aromatic heterocycles. The lowest BCUT2D eigenvalue weighted by atomic mass is 9.90. The molecular weight excluding hydrogens is 322 g/mol. The van der Waals surface area contributed by atoms with Crippen LogP contribution in [0.1, 0.15) is 25.3 Å². The van der Waals surface area contributed by atoms with Crippen molar-refractivity contribution in [2.24, 2.45) is 5.92 Å². The molecule has 0 saturated carbocycles. The highest BCUT2D eigenvalue weighted by molar-refractivity contribution is 5.87. The van der Waals surface area contributed by atoms with Crippen molar-refractivity contribution in [3.8, 4) is 0 Å². The number of hydrogen-bond donors (Lipinski definition) is 1. The number of aromatic nitrogens is 1. The molecular formula is C18H25N3O4. The number of hydrogen-bond acceptors (Lipinski definition) is 5. The summed E-state index contributed by atoms with van der Waals surface area (Å²) in [6, 6.07) is 3.67. The molecule has 1 aromatic rings. The van der Waals surface area contributed by atoms with Crippen LogP contribution in [0.3, 0.4) is 0 Å². The SMILES string of the molecule is CC(C)(C(=O)N1C[C@H](C(=O)O)[C@@H](c2ccncc2)C1)N1CCOCC1. The van der Waals surface area contributed by atoms with Gasteiger partial charge in [-0.15, -0.1) is 0 Å². The van der Waals surface area contributed by atoms with E-state index in [4.69, 9.17) is 4.74 Å². The van der Waals surface area contributed by atoms with E-state index in [0.29, 0.717) is 32.8 Å². The fourth-order valence-corrected chi connectivity index (χ4v) is 3.81. The first kappa shape index (κ1) is 17.8. The zero-order valence-corrected chi connectivity index (χ0v) is 14.7. The molecule has 7 heteroatoms. The number of nitrogens with zero attached hydrogens (tertiary/aromatic N) is 3. The topological polar surface area (TPSA) is 83.0 Å². The lowest BCUT2D eigenvalue weighted by Gasteiger charge is -2.41. The van der Waals surface area contributed by atoms with Gasteiger partial charge in [-0.3, -0.25) is 19.5 Å². The highest BCUT2D eigenvalue weighted by Gasteiger charge is 2.45. The second kappa shape index (κ2) is 7.09. The lowest BCUT2D eigenvalue weighted by Crippen LogP contribution is -2.58. The van der Waals surface area contributed by atoms with Gasteiger partial charge in [0, 0.05) is 44.5 Å². The van der Waals surface area contributed by atoms with Crippen molar-refractivity contribution < 1.29 is 19.4 Å². The van der Waals surface area contributed by atoms with Crippen molar-refractivity contribution in [1.82, 2.24) is 14.8 Å². The summed E-state index contributed by atoms with van der Waals surface area (Å²) in [7, 11) is 0. The third kappa shape index (κ3) is 3.52. The zero-order valence-electron chi connectivity index (χ0n) is 14.7. The van der Waals surface area contributed by atoms with Gasteiger partial charge < -0.3 is 14.7 Å².